The number of nitrogens with zero attached hydrogens (tertiary/aromatic N) is 1. The van der Waals surface area contributed by atoms with Crippen molar-refractivity contribution in [3.63, 3.8) is 0 Å². The van der Waals surface area contributed by atoms with E-state index in [9.17, 15) is 4.79 Å². The van der Waals surface area contributed by atoms with Crippen molar-refractivity contribution in [2.45, 2.75) is 24.9 Å². The van der Waals surface area contributed by atoms with Crippen LogP contribution in [0.25, 0.3) is 0 Å². The van der Waals surface area contributed by atoms with Gasteiger partial charge in [-0.3, -0.25) is 9.69 Å². The summed E-state index contributed by atoms with van der Waals surface area (Å²) in [5.41, 5.74) is 2.31. The molecule has 0 aliphatic carbocycles. The maximum Gasteiger partial charge on any atom is 0.136 e. The zero-order chi connectivity index (χ0) is 17.1. The number of hydrogen-bond acceptors (Lipinski definition) is 2. The second-order valence-corrected chi connectivity index (χ2v) is 7.72. The highest BCUT2D eigenvalue weighted by molar-refractivity contribution is 9.10. The van der Waals surface area contributed by atoms with Crippen LogP contribution >= 0.6 is 31.9 Å². The summed E-state index contributed by atoms with van der Waals surface area (Å²) in [6, 6.07) is 16.4. The lowest BCUT2D eigenvalue weighted by molar-refractivity contribution is -0.125. The van der Waals surface area contributed by atoms with Gasteiger partial charge >= 0.3 is 0 Å². The predicted molar refractivity (Wildman–Crippen MR) is 105 cm³/mol. The van der Waals surface area contributed by atoms with E-state index in [-0.39, 0.29) is 12.1 Å². The van der Waals surface area contributed by atoms with Gasteiger partial charge in [-0.2, -0.15) is 0 Å². The number of hydrogen-bond donors (Lipinski definition) is 0. The maximum atomic E-state index is 12.5. The maximum absolute atomic E-state index is 12.5. The molecule has 2 aromatic carbocycles. The van der Waals surface area contributed by atoms with E-state index in [1.807, 2.05) is 42.5 Å². The van der Waals surface area contributed by atoms with Gasteiger partial charge in [-0.1, -0.05) is 74.3 Å². The molecular formula is C20H19Br2NO. The lowest BCUT2D eigenvalue weighted by atomic mass is 9.86. The first kappa shape index (κ1) is 17.6. The molecule has 0 aromatic heterocycles. The van der Waals surface area contributed by atoms with Crippen LogP contribution in [-0.2, 0) is 4.79 Å². The normalized spacial score (nSPS) is 21.7. The van der Waals surface area contributed by atoms with Crippen LogP contribution in [0.1, 0.15) is 36.1 Å². The summed E-state index contributed by atoms with van der Waals surface area (Å²) in [4.78, 5) is 14.9. The first-order valence-corrected chi connectivity index (χ1v) is 9.57. The van der Waals surface area contributed by atoms with Gasteiger partial charge in [-0.25, -0.2) is 0 Å². The molecule has 1 saturated heterocycles. The van der Waals surface area contributed by atoms with Gasteiger partial charge in [0.2, 0.25) is 0 Å². The first-order chi connectivity index (χ1) is 11.6. The Bertz CT molecular complexity index is 701. The molecule has 1 aliphatic rings. The van der Waals surface area contributed by atoms with Crippen molar-refractivity contribution in [1.29, 1.82) is 0 Å². The number of ketones is 1. The highest BCUT2D eigenvalue weighted by Gasteiger charge is 2.37. The Morgan fingerprint density at radius 3 is 1.83 bits per heavy atom. The van der Waals surface area contributed by atoms with Gasteiger partial charge < -0.3 is 0 Å². The summed E-state index contributed by atoms with van der Waals surface area (Å²) >= 11 is 7.30. The molecule has 1 fully saturated rings. The number of rotatable bonds is 4. The summed E-state index contributed by atoms with van der Waals surface area (Å²) in [6.45, 7) is 4.67. The molecule has 0 unspecified atom stereocenters. The van der Waals surface area contributed by atoms with Gasteiger partial charge in [0.1, 0.15) is 5.78 Å². The molecule has 2 nitrogen and oxygen atoms in total. The molecule has 1 heterocycles. The summed E-state index contributed by atoms with van der Waals surface area (Å²) in [6.07, 6.45) is 3.00. The van der Waals surface area contributed by atoms with Crippen LogP contribution in [0.15, 0.2) is 70.1 Å². The van der Waals surface area contributed by atoms with Crippen molar-refractivity contribution in [2.75, 3.05) is 6.54 Å². The molecule has 0 amide bonds. The van der Waals surface area contributed by atoms with E-state index in [0.29, 0.717) is 18.6 Å². The minimum Gasteiger partial charge on any atom is -0.300 e. The summed E-state index contributed by atoms with van der Waals surface area (Å²) in [7, 11) is 0. The van der Waals surface area contributed by atoms with E-state index in [1.165, 1.54) is 0 Å². The van der Waals surface area contributed by atoms with Gasteiger partial charge in [0, 0.05) is 40.4 Å². The van der Waals surface area contributed by atoms with E-state index in [4.69, 9.17) is 0 Å². The van der Waals surface area contributed by atoms with Crippen LogP contribution in [0.5, 0.6) is 0 Å². The smallest absolute Gasteiger partial charge is 0.136 e. The topological polar surface area (TPSA) is 20.3 Å². The Kier molecular flexibility index (Phi) is 5.69. The Labute approximate surface area is 159 Å². The lowest BCUT2D eigenvalue weighted by Gasteiger charge is -2.42. The molecule has 24 heavy (non-hydrogen) atoms. The molecule has 0 spiro atoms. The SMILES string of the molecule is C=CCN1[C@@H](c2ccccc2Br)CC(=O)C[C@H]1c1ccccc1Br. The molecule has 0 saturated carbocycles. The van der Waals surface area contributed by atoms with Crippen LogP contribution < -0.4 is 0 Å². The van der Waals surface area contributed by atoms with Crippen molar-refractivity contribution in [3.05, 3.63) is 81.3 Å². The van der Waals surface area contributed by atoms with Gasteiger partial charge in [0.25, 0.3) is 0 Å². The van der Waals surface area contributed by atoms with Gasteiger partial charge in [0.05, 0.1) is 0 Å². The summed E-state index contributed by atoms with van der Waals surface area (Å²) < 4.78 is 2.09. The fraction of sp³-hybridized carbons (Fsp3) is 0.250. The molecule has 4 heteroatoms. The molecule has 2 aromatic rings. The lowest BCUT2D eigenvalue weighted by Crippen LogP contribution is -2.40. The van der Waals surface area contributed by atoms with E-state index >= 15 is 0 Å². The highest BCUT2D eigenvalue weighted by atomic mass is 79.9. The van der Waals surface area contributed by atoms with Crippen LogP contribution in [0, 0.1) is 0 Å². The standard InChI is InChI=1S/C20H19Br2NO/c1-2-11-23-19(15-7-3-5-9-17(15)21)12-14(24)13-20(23)16-8-4-6-10-18(16)22/h2-10,19-20H,1,11-13H2/t19-,20+. The number of carbonyl (C=O) groups is 1. The Balaban J connectivity index is 2.06. The molecule has 0 N–H and O–H groups in total. The van der Waals surface area contributed by atoms with Crippen LogP contribution in [0.4, 0.5) is 0 Å². The highest BCUT2D eigenvalue weighted by Crippen LogP contribution is 2.43. The minimum atomic E-state index is 0.0527. The number of benzene rings is 2. The summed E-state index contributed by atoms with van der Waals surface area (Å²) in [5.74, 6) is 0.303. The Morgan fingerprint density at radius 1 is 0.958 bits per heavy atom. The van der Waals surface area contributed by atoms with Gasteiger partial charge in [0.15, 0.2) is 0 Å². The third-order valence-corrected chi connectivity index (χ3v) is 5.96. The zero-order valence-corrected chi connectivity index (χ0v) is 16.5. The Hall–Kier alpha value is -1.23. The van der Waals surface area contributed by atoms with Crippen molar-refractivity contribution in [3.8, 4) is 0 Å². The van der Waals surface area contributed by atoms with Crippen LogP contribution in [0.2, 0.25) is 0 Å². The molecule has 0 bridgehead atoms. The number of carbonyl (C=O) groups excluding carboxylic acids is 1. The fourth-order valence-corrected chi connectivity index (χ4v) is 4.54. The van der Waals surface area contributed by atoms with Crippen molar-refractivity contribution >= 4 is 37.6 Å². The molecule has 3 rings (SSSR count). The average Bonchev–Trinajstić information content (AvgIpc) is 2.57. The molecule has 1 aliphatic heterocycles. The van der Waals surface area contributed by atoms with Crippen molar-refractivity contribution in [2.24, 2.45) is 0 Å². The molecule has 124 valence electrons. The number of piperidine rings is 1. The number of halogens is 2. The zero-order valence-electron chi connectivity index (χ0n) is 13.3. The second kappa shape index (κ2) is 7.77. The fourth-order valence-electron chi connectivity index (χ4n) is 3.44. The van der Waals surface area contributed by atoms with E-state index in [1.54, 1.807) is 0 Å². The average molecular weight is 449 g/mol. The quantitative estimate of drug-likeness (QED) is 0.547. The minimum absolute atomic E-state index is 0.0527. The predicted octanol–water partition coefficient (Wildman–Crippen LogP) is 5.84. The van der Waals surface area contributed by atoms with Crippen molar-refractivity contribution in [1.82, 2.24) is 4.90 Å². The van der Waals surface area contributed by atoms with Crippen LogP contribution in [0.3, 0.4) is 0 Å². The third kappa shape index (κ3) is 3.56. The molecule has 0 radical (unpaired) electrons. The van der Waals surface area contributed by atoms with E-state index in [0.717, 1.165) is 26.6 Å². The van der Waals surface area contributed by atoms with E-state index in [2.05, 4.69) is 55.5 Å². The van der Waals surface area contributed by atoms with Gasteiger partial charge in [-0.05, 0) is 23.3 Å². The summed E-state index contributed by atoms with van der Waals surface area (Å²) in [5, 5.41) is 0. The second-order valence-electron chi connectivity index (χ2n) is 6.01. The van der Waals surface area contributed by atoms with Crippen LogP contribution in [-0.4, -0.2) is 17.2 Å². The largest absolute Gasteiger partial charge is 0.300 e. The van der Waals surface area contributed by atoms with Crippen molar-refractivity contribution < 1.29 is 4.79 Å². The molecule has 2 atom stereocenters. The monoisotopic (exact) mass is 447 g/mol. The molecular weight excluding hydrogens is 430 g/mol. The Morgan fingerprint density at radius 2 is 1.42 bits per heavy atom. The van der Waals surface area contributed by atoms with Gasteiger partial charge in [-0.15, -0.1) is 6.58 Å². The number of Topliss-reactive ketones (excluding diaryl/α,β-unsaturated/α-hetero) is 1. The van der Waals surface area contributed by atoms with E-state index < -0.39 is 0 Å². The third-order valence-electron chi connectivity index (χ3n) is 4.51. The first-order valence-electron chi connectivity index (χ1n) is 7.99. The number of likely N-dealkylation sites (tertiary alicyclic amines) is 1.